The van der Waals surface area contributed by atoms with Gasteiger partial charge in [0.25, 0.3) is 0 Å². The molecule has 0 radical (unpaired) electrons. The van der Waals surface area contributed by atoms with Gasteiger partial charge in [-0.1, -0.05) is 18.2 Å². The van der Waals surface area contributed by atoms with Crippen LogP contribution in [0.3, 0.4) is 0 Å². The van der Waals surface area contributed by atoms with Gasteiger partial charge in [-0.3, -0.25) is 14.7 Å². The number of hydrogen-bond acceptors (Lipinski definition) is 5. The minimum absolute atomic E-state index is 0.0355. The molecule has 6 nitrogen and oxygen atoms in total. The largest absolute Gasteiger partial charge is 0.454 e. The van der Waals surface area contributed by atoms with Gasteiger partial charge >= 0.3 is 0 Å². The average molecular weight is 389 g/mol. The Bertz CT molecular complexity index is 1040. The van der Waals surface area contributed by atoms with Gasteiger partial charge in [0.05, 0.1) is 0 Å². The normalized spacial score (nSPS) is 16.8. The molecule has 1 N–H and O–H groups in total. The number of hydrogen-bond donors (Lipinski definition) is 1. The predicted octanol–water partition coefficient (Wildman–Crippen LogP) is 3.81. The van der Waals surface area contributed by atoms with E-state index in [1.165, 1.54) is 16.3 Å². The molecule has 148 valence electrons. The summed E-state index contributed by atoms with van der Waals surface area (Å²) in [7, 11) is 0. The zero-order valence-electron chi connectivity index (χ0n) is 16.1. The zero-order chi connectivity index (χ0) is 19.6. The summed E-state index contributed by atoms with van der Waals surface area (Å²) in [6.45, 7) is 2.97. The van der Waals surface area contributed by atoms with Crippen molar-refractivity contribution in [3.8, 4) is 11.5 Å². The summed E-state index contributed by atoms with van der Waals surface area (Å²) in [4.78, 5) is 19.3. The summed E-state index contributed by atoms with van der Waals surface area (Å²) in [5.74, 6) is 1.52. The van der Waals surface area contributed by atoms with E-state index in [-0.39, 0.29) is 18.6 Å². The van der Waals surface area contributed by atoms with Gasteiger partial charge in [0.1, 0.15) is 0 Å². The van der Waals surface area contributed by atoms with E-state index in [1.807, 2.05) is 30.6 Å². The molecule has 5 rings (SSSR count). The van der Waals surface area contributed by atoms with E-state index < -0.39 is 0 Å². The lowest BCUT2D eigenvalue weighted by Gasteiger charge is -2.31. The van der Waals surface area contributed by atoms with Crippen LogP contribution in [0.1, 0.15) is 18.4 Å². The van der Waals surface area contributed by atoms with Crippen molar-refractivity contribution in [1.82, 2.24) is 9.88 Å². The molecule has 29 heavy (non-hydrogen) atoms. The van der Waals surface area contributed by atoms with Crippen molar-refractivity contribution in [2.75, 3.05) is 25.2 Å². The Morgan fingerprint density at radius 3 is 2.86 bits per heavy atom. The molecular formula is C23H23N3O3. The fraction of sp³-hybridized carbons (Fsp3) is 0.304. The maximum absolute atomic E-state index is 12.7. The standard InChI is InChI=1S/C23H23N3O3/c27-23(25-19-4-5-21-22(12-19)29-15-28-21)16-7-10-26(11-8-16)14-18-3-1-2-17-13-24-9-6-20(17)18/h1-6,9,12-13,16H,7-8,10-11,14-15H2,(H,25,27). The second-order valence-electron chi connectivity index (χ2n) is 7.62. The number of benzene rings is 2. The number of pyridine rings is 1. The number of ether oxygens (including phenoxy) is 2. The molecule has 2 aliphatic rings. The van der Waals surface area contributed by atoms with E-state index in [0.717, 1.165) is 43.9 Å². The first kappa shape index (κ1) is 17.9. The maximum Gasteiger partial charge on any atom is 0.231 e. The van der Waals surface area contributed by atoms with Crippen molar-refractivity contribution in [1.29, 1.82) is 0 Å². The smallest absolute Gasteiger partial charge is 0.231 e. The highest BCUT2D eigenvalue weighted by atomic mass is 16.7. The maximum atomic E-state index is 12.7. The van der Waals surface area contributed by atoms with Crippen molar-refractivity contribution in [2.24, 2.45) is 5.92 Å². The number of amides is 1. The summed E-state index contributed by atoms with van der Waals surface area (Å²) >= 11 is 0. The lowest BCUT2D eigenvalue weighted by molar-refractivity contribution is -0.121. The Morgan fingerprint density at radius 1 is 1.10 bits per heavy atom. The third-order valence-corrected chi connectivity index (χ3v) is 5.76. The van der Waals surface area contributed by atoms with Gasteiger partial charge in [0, 0.05) is 42.0 Å². The number of carbonyl (C=O) groups excluding carboxylic acids is 1. The highest BCUT2D eigenvalue weighted by Gasteiger charge is 2.25. The Balaban J connectivity index is 1.18. The number of nitrogens with zero attached hydrogens (tertiary/aromatic N) is 2. The first-order chi connectivity index (χ1) is 14.3. The van der Waals surface area contributed by atoms with E-state index in [2.05, 4.69) is 39.5 Å². The molecule has 0 atom stereocenters. The molecule has 3 aromatic rings. The second kappa shape index (κ2) is 7.72. The number of nitrogens with one attached hydrogen (secondary N) is 1. The van der Waals surface area contributed by atoms with Crippen molar-refractivity contribution >= 4 is 22.4 Å². The molecule has 1 aromatic heterocycles. The summed E-state index contributed by atoms with van der Waals surface area (Å²) in [6, 6.07) is 14.0. The number of anilines is 1. The molecule has 1 saturated heterocycles. The van der Waals surface area contributed by atoms with E-state index in [0.29, 0.717) is 5.75 Å². The molecule has 0 saturated carbocycles. The van der Waals surface area contributed by atoms with Gasteiger partial charge in [-0.15, -0.1) is 0 Å². The SMILES string of the molecule is O=C(Nc1ccc2c(c1)OCO2)C1CCN(Cc2cccc3cnccc23)CC1. The summed E-state index contributed by atoms with van der Waals surface area (Å²) < 4.78 is 10.7. The molecule has 2 aliphatic heterocycles. The van der Waals surface area contributed by atoms with Crippen molar-refractivity contribution in [3.63, 3.8) is 0 Å². The van der Waals surface area contributed by atoms with Crippen LogP contribution in [0, 0.1) is 5.92 Å². The molecular weight excluding hydrogens is 366 g/mol. The topological polar surface area (TPSA) is 63.7 Å². The highest BCUT2D eigenvalue weighted by molar-refractivity contribution is 5.93. The van der Waals surface area contributed by atoms with E-state index in [4.69, 9.17) is 9.47 Å². The zero-order valence-corrected chi connectivity index (χ0v) is 16.1. The monoisotopic (exact) mass is 389 g/mol. The number of piperidine rings is 1. The molecule has 3 heterocycles. The third-order valence-electron chi connectivity index (χ3n) is 5.76. The van der Waals surface area contributed by atoms with Crippen LogP contribution in [-0.2, 0) is 11.3 Å². The van der Waals surface area contributed by atoms with Crippen molar-refractivity contribution in [2.45, 2.75) is 19.4 Å². The van der Waals surface area contributed by atoms with Crippen LogP contribution in [0.2, 0.25) is 0 Å². The van der Waals surface area contributed by atoms with Crippen LogP contribution in [-0.4, -0.2) is 35.7 Å². The van der Waals surface area contributed by atoms with Crippen LogP contribution >= 0.6 is 0 Å². The van der Waals surface area contributed by atoms with Gasteiger partial charge in [0.15, 0.2) is 11.5 Å². The Hall–Kier alpha value is -3.12. The van der Waals surface area contributed by atoms with E-state index in [9.17, 15) is 4.79 Å². The quantitative estimate of drug-likeness (QED) is 0.735. The molecule has 0 unspecified atom stereocenters. The Labute approximate surface area is 169 Å². The van der Waals surface area contributed by atoms with E-state index in [1.54, 1.807) is 0 Å². The molecule has 0 aliphatic carbocycles. The van der Waals surface area contributed by atoms with Crippen LogP contribution in [0.4, 0.5) is 5.69 Å². The van der Waals surface area contributed by atoms with E-state index >= 15 is 0 Å². The number of aromatic nitrogens is 1. The molecule has 0 spiro atoms. The van der Waals surface area contributed by atoms with Crippen LogP contribution < -0.4 is 14.8 Å². The summed E-state index contributed by atoms with van der Waals surface area (Å²) in [6.07, 6.45) is 5.48. The highest BCUT2D eigenvalue weighted by Crippen LogP contribution is 2.34. The number of carbonyl (C=O) groups is 1. The Kier molecular flexibility index (Phi) is 4.77. The molecule has 0 bridgehead atoms. The molecule has 6 heteroatoms. The lowest BCUT2D eigenvalue weighted by atomic mass is 9.95. The van der Waals surface area contributed by atoms with Gasteiger partial charge in [0.2, 0.25) is 12.7 Å². The number of fused-ring (bicyclic) bond motifs is 2. The number of likely N-dealkylation sites (tertiary alicyclic amines) is 1. The summed E-state index contributed by atoms with van der Waals surface area (Å²) in [5, 5.41) is 5.45. The van der Waals surface area contributed by atoms with Gasteiger partial charge in [-0.25, -0.2) is 0 Å². The second-order valence-corrected chi connectivity index (χ2v) is 7.62. The number of rotatable bonds is 4. The minimum atomic E-state index is 0.0355. The van der Waals surface area contributed by atoms with Crippen LogP contribution in [0.25, 0.3) is 10.8 Å². The first-order valence-electron chi connectivity index (χ1n) is 10.0. The minimum Gasteiger partial charge on any atom is -0.454 e. The summed E-state index contributed by atoms with van der Waals surface area (Å²) in [5.41, 5.74) is 2.07. The average Bonchev–Trinajstić information content (AvgIpc) is 3.22. The van der Waals surface area contributed by atoms with Crippen molar-refractivity contribution < 1.29 is 14.3 Å². The molecule has 2 aromatic carbocycles. The lowest BCUT2D eigenvalue weighted by Crippen LogP contribution is -2.37. The first-order valence-corrected chi connectivity index (χ1v) is 10.0. The fourth-order valence-corrected chi connectivity index (χ4v) is 4.14. The molecule has 1 amide bonds. The molecule has 1 fully saturated rings. The third kappa shape index (κ3) is 3.76. The van der Waals surface area contributed by atoms with Crippen LogP contribution in [0.5, 0.6) is 11.5 Å². The van der Waals surface area contributed by atoms with Gasteiger partial charge in [-0.2, -0.15) is 0 Å². The van der Waals surface area contributed by atoms with Gasteiger partial charge in [-0.05, 0) is 55.1 Å². The predicted molar refractivity (Wildman–Crippen MR) is 111 cm³/mol. The van der Waals surface area contributed by atoms with Crippen LogP contribution in [0.15, 0.2) is 54.9 Å². The fourth-order valence-electron chi connectivity index (χ4n) is 4.14. The van der Waals surface area contributed by atoms with Crippen molar-refractivity contribution in [3.05, 3.63) is 60.4 Å². The van der Waals surface area contributed by atoms with Gasteiger partial charge < -0.3 is 14.8 Å². The Morgan fingerprint density at radius 2 is 1.97 bits per heavy atom.